The molecule has 24 heavy (non-hydrogen) atoms. The molecule has 6 heteroatoms. The summed E-state index contributed by atoms with van der Waals surface area (Å²) in [5.41, 5.74) is -0.261. The number of hydrogen-bond acceptors (Lipinski definition) is 5. The van der Waals surface area contributed by atoms with Gasteiger partial charge >= 0.3 is 11.6 Å². The average Bonchev–Trinajstić information content (AvgIpc) is 2.60. The van der Waals surface area contributed by atoms with E-state index in [-0.39, 0.29) is 11.3 Å². The second-order valence-electron chi connectivity index (χ2n) is 5.00. The van der Waals surface area contributed by atoms with Crippen molar-refractivity contribution in [3.8, 4) is 0 Å². The highest BCUT2D eigenvalue weighted by atomic mass is 79.9. The van der Waals surface area contributed by atoms with Gasteiger partial charge in [-0.3, -0.25) is 4.79 Å². The molecule has 1 aromatic heterocycles. The minimum atomic E-state index is -0.894. The predicted molar refractivity (Wildman–Crippen MR) is 91.2 cm³/mol. The van der Waals surface area contributed by atoms with Crippen LogP contribution in [0.1, 0.15) is 20.7 Å². The van der Waals surface area contributed by atoms with Gasteiger partial charge in [-0.15, -0.1) is 0 Å². The molecule has 0 saturated carbocycles. The van der Waals surface area contributed by atoms with Crippen molar-refractivity contribution in [2.75, 3.05) is 6.61 Å². The van der Waals surface area contributed by atoms with Gasteiger partial charge in [-0.2, -0.15) is 0 Å². The lowest BCUT2D eigenvalue weighted by atomic mass is 10.1. The first-order valence-corrected chi connectivity index (χ1v) is 7.83. The molecule has 0 saturated heterocycles. The van der Waals surface area contributed by atoms with Crippen molar-refractivity contribution >= 4 is 38.7 Å². The SMILES string of the molecule is O=C(COC(=O)c1cc2cc(Br)ccc2oc1=O)c1ccccc1. The first-order chi connectivity index (χ1) is 11.5. The fourth-order valence-electron chi connectivity index (χ4n) is 2.15. The molecule has 2 aromatic carbocycles. The first-order valence-electron chi connectivity index (χ1n) is 7.03. The summed E-state index contributed by atoms with van der Waals surface area (Å²) in [6, 6.07) is 14.9. The van der Waals surface area contributed by atoms with Crippen LogP contribution in [0, 0.1) is 0 Å². The summed E-state index contributed by atoms with van der Waals surface area (Å²) >= 11 is 3.31. The Labute approximate surface area is 145 Å². The molecule has 0 atom stereocenters. The Balaban J connectivity index is 1.80. The number of esters is 1. The minimum Gasteiger partial charge on any atom is -0.453 e. The van der Waals surface area contributed by atoms with Crippen molar-refractivity contribution in [1.29, 1.82) is 0 Å². The molecule has 0 aliphatic rings. The summed E-state index contributed by atoms with van der Waals surface area (Å²) in [4.78, 5) is 35.9. The molecule has 0 aliphatic heterocycles. The lowest BCUT2D eigenvalue weighted by Gasteiger charge is -2.05. The van der Waals surface area contributed by atoms with Crippen LogP contribution in [0.25, 0.3) is 11.0 Å². The van der Waals surface area contributed by atoms with Gasteiger partial charge in [-0.1, -0.05) is 46.3 Å². The van der Waals surface area contributed by atoms with Crippen molar-refractivity contribution in [3.05, 3.63) is 80.6 Å². The highest BCUT2D eigenvalue weighted by molar-refractivity contribution is 9.10. The molecule has 0 aliphatic carbocycles. The van der Waals surface area contributed by atoms with E-state index in [2.05, 4.69) is 15.9 Å². The number of fused-ring (bicyclic) bond motifs is 1. The van der Waals surface area contributed by atoms with E-state index in [9.17, 15) is 14.4 Å². The Morgan fingerprint density at radius 1 is 1.04 bits per heavy atom. The fourth-order valence-corrected chi connectivity index (χ4v) is 2.53. The summed E-state index contributed by atoms with van der Waals surface area (Å²) in [5, 5.41) is 0.574. The molecule has 0 spiro atoms. The van der Waals surface area contributed by atoms with Gasteiger partial charge in [0.25, 0.3) is 0 Å². The number of carbonyl (C=O) groups is 2. The van der Waals surface area contributed by atoms with E-state index in [1.54, 1.807) is 48.5 Å². The summed E-state index contributed by atoms with van der Waals surface area (Å²) in [6.07, 6.45) is 0. The van der Waals surface area contributed by atoms with Crippen LogP contribution in [0.5, 0.6) is 0 Å². The predicted octanol–water partition coefficient (Wildman–Crippen LogP) is 3.60. The van der Waals surface area contributed by atoms with Crippen molar-refractivity contribution in [3.63, 3.8) is 0 Å². The Hall–Kier alpha value is -2.73. The largest absolute Gasteiger partial charge is 0.453 e. The third-order valence-electron chi connectivity index (χ3n) is 3.34. The molecule has 3 rings (SSSR count). The van der Waals surface area contributed by atoms with E-state index >= 15 is 0 Å². The molecule has 1 heterocycles. The zero-order valence-corrected chi connectivity index (χ0v) is 13.9. The summed E-state index contributed by atoms with van der Waals surface area (Å²) in [7, 11) is 0. The van der Waals surface area contributed by atoms with E-state index in [1.807, 2.05) is 0 Å². The van der Waals surface area contributed by atoms with Crippen LogP contribution in [0.3, 0.4) is 0 Å². The monoisotopic (exact) mass is 386 g/mol. The van der Waals surface area contributed by atoms with Crippen LogP contribution in [0.15, 0.2) is 68.3 Å². The van der Waals surface area contributed by atoms with Crippen molar-refractivity contribution in [2.24, 2.45) is 0 Å². The van der Waals surface area contributed by atoms with E-state index in [4.69, 9.17) is 9.15 Å². The van der Waals surface area contributed by atoms with Crippen LogP contribution in [0.2, 0.25) is 0 Å². The quantitative estimate of drug-likeness (QED) is 0.389. The smallest absolute Gasteiger partial charge is 0.351 e. The fraction of sp³-hybridized carbons (Fsp3) is 0.0556. The molecule has 0 N–H and O–H groups in total. The summed E-state index contributed by atoms with van der Waals surface area (Å²) < 4.78 is 10.8. The van der Waals surface area contributed by atoms with Gasteiger partial charge in [0.2, 0.25) is 0 Å². The zero-order valence-electron chi connectivity index (χ0n) is 12.3. The third-order valence-corrected chi connectivity index (χ3v) is 3.84. The van der Waals surface area contributed by atoms with Gasteiger partial charge in [-0.05, 0) is 24.3 Å². The van der Waals surface area contributed by atoms with Gasteiger partial charge in [0, 0.05) is 15.4 Å². The Bertz CT molecular complexity index is 976. The van der Waals surface area contributed by atoms with Gasteiger partial charge in [0.05, 0.1) is 0 Å². The van der Waals surface area contributed by atoms with Crippen LogP contribution in [0.4, 0.5) is 0 Å². The van der Waals surface area contributed by atoms with Crippen LogP contribution >= 0.6 is 15.9 Å². The number of Topliss-reactive ketones (excluding diaryl/α,β-unsaturated/α-hetero) is 1. The topological polar surface area (TPSA) is 73.6 Å². The zero-order chi connectivity index (χ0) is 17.1. The van der Waals surface area contributed by atoms with Crippen LogP contribution in [-0.2, 0) is 4.74 Å². The number of carbonyl (C=O) groups excluding carboxylic acids is 2. The highest BCUT2D eigenvalue weighted by Gasteiger charge is 2.17. The molecule has 120 valence electrons. The van der Waals surface area contributed by atoms with Crippen LogP contribution in [-0.4, -0.2) is 18.4 Å². The number of ketones is 1. The number of benzene rings is 2. The van der Waals surface area contributed by atoms with Crippen LogP contribution < -0.4 is 5.63 Å². The van der Waals surface area contributed by atoms with Gasteiger partial charge in [0.1, 0.15) is 11.1 Å². The number of halogens is 1. The number of hydrogen-bond donors (Lipinski definition) is 0. The van der Waals surface area contributed by atoms with Gasteiger partial charge < -0.3 is 9.15 Å². The van der Waals surface area contributed by atoms with E-state index < -0.39 is 18.2 Å². The maximum Gasteiger partial charge on any atom is 0.351 e. The second kappa shape index (κ2) is 6.80. The Morgan fingerprint density at radius 2 is 1.79 bits per heavy atom. The molecule has 3 aromatic rings. The lowest BCUT2D eigenvalue weighted by Crippen LogP contribution is -2.20. The highest BCUT2D eigenvalue weighted by Crippen LogP contribution is 2.19. The molecule has 5 nitrogen and oxygen atoms in total. The normalized spacial score (nSPS) is 10.5. The van der Waals surface area contributed by atoms with E-state index in [0.717, 1.165) is 4.47 Å². The Kier molecular flexibility index (Phi) is 4.57. The van der Waals surface area contributed by atoms with Crippen molar-refractivity contribution < 1.29 is 18.7 Å². The first kappa shape index (κ1) is 16.1. The third kappa shape index (κ3) is 3.44. The molecular formula is C18H11BrO5. The van der Waals surface area contributed by atoms with Gasteiger partial charge in [0.15, 0.2) is 12.4 Å². The molecule has 0 radical (unpaired) electrons. The summed E-state index contributed by atoms with van der Waals surface area (Å²) in [6.45, 7) is -0.446. The van der Waals surface area contributed by atoms with Crippen molar-refractivity contribution in [2.45, 2.75) is 0 Å². The molecule has 0 unspecified atom stereocenters. The Morgan fingerprint density at radius 3 is 2.54 bits per heavy atom. The average molecular weight is 387 g/mol. The summed E-state index contributed by atoms with van der Waals surface area (Å²) in [5.74, 6) is -1.24. The molecule has 0 fully saturated rings. The minimum absolute atomic E-state index is 0.249. The number of ether oxygens (including phenoxy) is 1. The second-order valence-corrected chi connectivity index (χ2v) is 5.91. The lowest BCUT2D eigenvalue weighted by molar-refractivity contribution is 0.0471. The molecule has 0 amide bonds. The molecule has 0 bridgehead atoms. The maximum absolute atomic E-state index is 12.1. The van der Waals surface area contributed by atoms with E-state index in [0.29, 0.717) is 16.5 Å². The maximum atomic E-state index is 12.1. The number of rotatable bonds is 4. The van der Waals surface area contributed by atoms with Crippen molar-refractivity contribution in [1.82, 2.24) is 0 Å². The molecular weight excluding hydrogens is 376 g/mol. The van der Waals surface area contributed by atoms with E-state index in [1.165, 1.54) is 6.07 Å². The standard InChI is InChI=1S/C18H11BrO5/c19-13-6-7-16-12(8-13)9-14(18(22)24-16)17(21)23-10-15(20)11-4-2-1-3-5-11/h1-9H,10H2. The van der Waals surface area contributed by atoms with Gasteiger partial charge in [-0.25, -0.2) is 9.59 Å².